The second-order valence-corrected chi connectivity index (χ2v) is 5.81. The first-order valence-electron chi connectivity index (χ1n) is 6.97. The van der Waals surface area contributed by atoms with Gasteiger partial charge >= 0.3 is 0 Å². The number of nitrogens with one attached hydrogen (secondary N) is 1. The van der Waals surface area contributed by atoms with Crippen molar-refractivity contribution >= 4 is 22.4 Å². The SMILES string of the molecule is O=C(CN1CCN(c2nccs2)CC1)NCc1ccco1. The first-order chi connectivity index (χ1) is 10.3. The molecule has 6 nitrogen and oxygen atoms in total. The van der Waals surface area contributed by atoms with Gasteiger partial charge in [-0.15, -0.1) is 11.3 Å². The predicted molar refractivity (Wildman–Crippen MR) is 81.3 cm³/mol. The van der Waals surface area contributed by atoms with E-state index in [0.29, 0.717) is 13.1 Å². The van der Waals surface area contributed by atoms with Crippen molar-refractivity contribution in [2.75, 3.05) is 37.6 Å². The maximum Gasteiger partial charge on any atom is 0.234 e. The number of carbonyl (C=O) groups is 1. The molecule has 0 bridgehead atoms. The highest BCUT2D eigenvalue weighted by molar-refractivity contribution is 7.13. The predicted octanol–water partition coefficient (Wildman–Crippen LogP) is 1.17. The second-order valence-electron chi connectivity index (χ2n) is 4.93. The number of aromatic nitrogens is 1. The largest absolute Gasteiger partial charge is 0.467 e. The number of thiazole rings is 1. The van der Waals surface area contributed by atoms with E-state index in [1.54, 1.807) is 17.6 Å². The number of hydrogen-bond donors (Lipinski definition) is 1. The van der Waals surface area contributed by atoms with Crippen LogP contribution in [0.5, 0.6) is 0 Å². The summed E-state index contributed by atoms with van der Waals surface area (Å²) in [5.41, 5.74) is 0. The van der Waals surface area contributed by atoms with Crippen LogP contribution in [0.3, 0.4) is 0 Å². The quantitative estimate of drug-likeness (QED) is 0.898. The van der Waals surface area contributed by atoms with E-state index >= 15 is 0 Å². The van der Waals surface area contributed by atoms with E-state index < -0.39 is 0 Å². The molecule has 21 heavy (non-hydrogen) atoms. The Morgan fingerprint density at radius 3 is 2.90 bits per heavy atom. The van der Waals surface area contributed by atoms with E-state index in [1.807, 2.05) is 23.7 Å². The van der Waals surface area contributed by atoms with Gasteiger partial charge in [-0.2, -0.15) is 0 Å². The maximum atomic E-state index is 11.9. The van der Waals surface area contributed by atoms with Crippen molar-refractivity contribution in [3.8, 4) is 0 Å². The fourth-order valence-corrected chi connectivity index (χ4v) is 3.02. The number of anilines is 1. The Balaban J connectivity index is 1.39. The average molecular weight is 306 g/mol. The molecule has 0 aromatic carbocycles. The number of rotatable bonds is 5. The fraction of sp³-hybridized carbons (Fsp3) is 0.429. The van der Waals surface area contributed by atoms with Crippen molar-refractivity contribution in [1.82, 2.24) is 15.2 Å². The molecule has 112 valence electrons. The molecule has 0 aliphatic carbocycles. The van der Waals surface area contributed by atoms with Crippen molar-refractivity contribution in [2.24, 2.45) is 0 Å². The number of furan rings is 1. The van der Waals surface area contributed by atoms with E-state index in [0.717, 1.165) is 37.1 Å². The van der Waals surface area contributed by atoms with Gasteiger partial charge in [-0.05, 0) is 12.1 Å². The number of nitrogens with zero attached hydrogens (tertiary/aromatic N) is 3. The smallest absolute Gasteiger partial charge is 0.234 e. The lowest BCUT2D eigenvalue weighted by molar-refractivity contribution is -0.122. The number of carbonyl (C=O) groups excluding carboxylic acids is 1. The van der Waals surface area contributed by atoms with Crippen LogP contribution >= 0.6 is 11.3 Å². The molecule has 2 aromatic heterocycles. The van der Waals surface area contributed by atoms with Crippen molar-refractivity contribution in [2.45, 2.75) is 6.54 Å². The Morgan fingerprint density at radius 2 is 2.24 bits per heavy atom. The number of amides is 1. The Hall–Kier alpha value is -1.86. The molecule has 1 aliphatic rings. The number of piperazine rings is 1. The minimum Gasteiger partial charge on any atom is -0.467 e. The van der Waals surface area contributed by atoms with E-state index in [-0.39, 0.29) is 5.91 Å². The Bertz CT molecular complexity index is 548. The molecular formula is C14H18N4O2S. The molecule has 2 aromatic rings. The summed E-state index contributed by atoms with van der Waals surface area (Å²) in [5, 5.41) is 5.93. The van der Waals surface area contributed by atoms with Crippen LogP contribution in [0.2, 0.25) is 0 Å². The Kier molecular flexibility index (Phi) is 4.52. The summed E-state index contributed by atoms with van der Waals surface area (Å²) in [6, 6.07) is 3.67. The number of hydrogen-bond acceptors (Lipinski definition) is 6. The lowest BCUT2D eigenvalue weighted by Gasteiger charge is -2.34. The van der Waals surface area contributed by atoms with Gasteiger partial charge in [-0.1, -0.05) is 0 Å². The van der Waals surface area contributed by atoms with Gasteiger partial charge in [0.25, 0.3) is 0 Å². The van der Waals surface area contributed by atoms with E-state index in [9.17, 15) is 4.79 Å². The maximum absolute atomic E-state index is 11.9. The van der Waals surface area contributed by atoms with Gasteiger partial charge in [-0.25, -0.2) is 4.98 Å². The first-order valence-corrected chi connectivity index (χ1v) is 7.85. The summed E-state index contributed by atoms with van der Waals surface area (Å²) in [6.07, 6.45) is 3.44. The topological polar surface area (TPSA) is 61.6 Å². The minimum atomic E-state index is 0.0362. The van der Waals surface area contributed by atoms with E-state index in [2.05, 4.69) is 20.1 Å². The summed E-state index contributed by atoms with van der Waals surface area (Å²) in [7, 11) is 0. The zero-order valence-corrected chi connectivity index (χ0v) is 12.5. The molecule has 1 N–H and O–H groups in total. The lowest BCUT2D eigenvalue weighted by Crippen LogP contribution is -2.49. The van der Waals surface area contributed by atoms with Crippen molar-refractivity contribution in [3.63, 3.8) is 0 Å². The molecule has 0 unspecified atom stereocenters. The minimum absolute atomic E-state index is 0.0362. The van der Waals surface area contributed by atoms with E-state index in [4.69, 9.17) is 4.42 Å². The molecule has 0 radical (unpaired) electrons. The molecule has 7 heteroatoms. The van der Waals surface area contributed by atoms with E-state index in [1.165, 1.54) is 0 Å². The van der Waals surface area contributed by atoms with Gasteiger partial charge in [0.05, 0.1) is 19.4 Å². The lowest BCUT2D eigenvalue weighted by atomic mass is 10.3. The molecule has 3 rings (SSSR count). The summed E-state index contributed by atoms with van der Waals surface area (Å²) < 4.78 is 5.19. The molecule has 1 fully saturated rings. The molecule has 1 amide bonds. The van der Waals surface area contributed by atoms with Gasteiger partial charge in [0, 0.05) is 37.8 Å². The molecule has 0 atom stereocenters. The van der Waals surface area contributed by atoms with Crippen LogP contribution in [0.1, 0.15) is 5.76 Å². The summed E-state index contributed by atoms with van der Waals surface area (Å²) in [6.45, 7) is 4.48. The van der Waals surface area contributed by atoms with Crippen LogP contribution in [-0.2, 0) is 11.3 Å². The monoisotopic (exact) mass is 306 g/mol. The zero-order chi connectivity index (χ0) is 14.5. The average Bonchev–Trinajstić information content (AvgIpc) is 3.19. The fourth-order valence-electron chi connectivity index (χ4n) is 2.33. The van der Waals surface area contributed by atoms with Crippen LogP contribution in [0.15, 0.2) is 34.4 Å². The highest BCUT2D eigenvalue weighted by atomic mass is 32.1. The highest BCUT2D eigenvalue weighted by Gasteiger charge is 2.20. The Labute approximate surface area is 127 Å². The first kappa shape index (κ1) is 14.1. The van der Waals surface area contributed by atoms with Crippen LogP contribution in [-0.4, -0.2) is 48.5 Å². The third-order valence-electron chi connectivity index (χ3n) is 3.47. The van der Waals surface area contributed by atoms with Gasteiger partial charge in [0.2, 0.25) is 5.91 Å². The van der Waals surface area contributed by atoms with Crippen LogP contribution in [0.4, 0.5) is 5.13 Å². The second kappa shape index (κ2) is 6.73. The molecule has 0 spiro atoms. The van der Waals surface area contributed by atoms with Gasteiger partial charge < -0.3 is 14.6 Å². The summed E-state index contributed by atoms with van der Waals surface area (Å²) in [5.74, 6) is 0.811. The third-order valence-corrected chi connectivity index (χ3v) is 4.30. The van der Waals surface area contributed by atoms with Gasteiger partial charge in [-0.3, -0.25) is 9.69 Å². The van der Waals surface area contributed by atoms with Crippen LogP contribution in [0.25, 0.3) is 0 Å². The van der Waals surface area contributed by atoms with Gasteiger partial charge in [0.15, 0.2) is 5.13 Å². The third kappa shape index (κ3) is 3.83. The molecular weight excluding hydrogens is 288 g/mol. The standard InChI is InChI=1S/C14H18N4O2S/c19-13(16-10-12-2-1-8-20-12)11-17-4-6-18(7-5-17)14-15-3-9-21-14/h1-3,8-9H,4-7,10-11H2,(H,16,19). The van der Waals surface area contributed by atoms with Crippen molar-refractivity contribution < 1.29 is 9.21 Å². The van der Waals surface area contributed by atoms with Crippen molar-refractivity contribution in [3.05, 3.63) is 35.7 Å². The highest BCUT2D eigenvalue weighted by Crippen LogP contribution is 2.18. The molecule has 0 saturated carbocycles. The normalized spacial score (nSPS) is 16.1. The zero-order valence-electron chi connectivity index (χ0n) is 11.7. The molecule has 1 saturated heterocycles. The van der Waals surface area contributed by atoms with Crippen LogP contribution < -0.4 is 10.2 Å². The molecule has 1 aliphatic heterocycles. The van der Waals surface area contributed by atoms with Crippen LogP contribution in [0, 0.1) is 0 Å². The summed E-state index contributed by atoms with van der Waals surface area (Å²) in [4.78, 5) is 20.7. The Morgan fingerprint density at radius 1 is 1.38 bits per heavy atom. The van der Waals surface area contributed by atoms with Crippen molar-refractivity contribution in [1.29, 1.82) is 0 Å². The molecule has 3 heterocycles. The summed E-state index contributed by atoms with van der Waals surface area (Å²) >= 11 is 1.66. The van der Waals surface area contributed by atoms with Gasteiger partial charge in [0.1, 0.15) is 5.76 Å².